The fraction of sp³-hybridized carbons (Fsp3) is 0.222. The third-order valence-electron chi connectivity index (χ3n) is 3.86. The maximum absolute atomic E-state index is 12.1. The molecule has 0 radical (unpaired) electrons. The van der Waals surface area contributed by atoms with Crippen LogP contribution in [0.4, 0.5) is 5.69 Å². The van der Waals surface area contributed by atoms with Gasteiger partial charge in [-0.25, -0.2) is 0 Å². The molecule has 3 rings (SSSR count). The monoisotopic (exact) mass is 421 g/mol. The number of carbonyl (C=O) groups excluding carboxylic acids is 2. The summed E-state index contributed by atoms with van der Waals surface area (Å²) < 4.78 is 6.75. The van der Waals surface area contributed by atoms with Crippen LogP contribution in [-0.2, 0) is 11.2 Å². The van der Waals surface area contributed by atoms with Gasteiger partial charge in [0.1, 0.15) is 5.75 Å². The van der Waals surface area contributed by atoms with Crippen molar-refractivity contribution < 1.29 is 14.3 Å². The minimum atomic E-state index is -0.212. The Labute approximate surface area is 148 Å². The molecule has 0 fully saturated rings. The number of rotatable bonds is 4. The van der Waals surface area contributed by atoms with Crippen LogP contribution in [0.15, 0.2) is 36.4 Å². The number of Topliss-reactive ketones (excluding diaryl/α,β-unsaturated/α-hetero) is 1. The number of anilines is 1. The predicted molar refractivity (Wildman–Crippen MR) is 97.1 cm³/mol. The maximum atomic E-state index is 12.1. The Morgan fingerprint density at radius 3 is 2.87 bits per heavy atom. The highest BCUT2D eigenvalue weighted by molar-refractivity contribution is 14.1. The molecular formula is C18H16INO3. The molecule has 0 aliphatic heterocycles. The largest absolute Gasteiger partial charge is 0.483 e. The van der Waals surface area contributed by atoms with Crippen LogP contribution in [0.1, 0.15) is 27.9 Å². The van der Waals surface area contributed by atoms with Crippen LogP contribution in [0.5, 0.6) is 5.75 Å². The molecule has 1 aliphatic carbocycles. The number of aryl methyl sites for hydroxylation is 1. The van der Waals surface area contributed by atoms with Gasteiger partial charge in [-0.15, -0.1) is 0 Å². The summed E-state index contributed by atoms with van der Waals surface area (Å²) in [5, 5.41) is 2.85. The van der Waals surface area contributed by atoms with Crippen molar-refractivity contribution >= 4 is 40.0 Å². The number of benzene rings is 2. The van der Waals surface area contributed by atoms with Gasteiger partial charge in [-0.1, -0.05) is 12.1 Å². The van der Waals surface area contributed by atoms with Crippen molar-refractivity contribution in [1.82, 2.24) is 0 Å². The van der Waals surface area contributed by atoms with Crippen molar-refractivity contribution in [2.75, 3.05) is 11.9 Å². The number of nitrogens with one attached hydrogen (secondary N) is 1. The molecule has 0 aromatic heterocycles. The SMILES string of the molecule is Cc1cc(I)ccc1NC(=O)COc1cccc2c1CCC2=O. The molecule has 2 aromatic carbocycles. The summed E-state index contributed by atoms with van der Waals surface area (Å²) in [6.45, 7) is 1.88. The molecule has 1 amide bonds. The van der Waals surface area contributed by atoms with Crippen LogP contribution >= 0.6 is 22.6 Å². The lowest BCUT2D eigenvalue weighted by Gasteiger charge is -2.12. The van der Waals surface area contributed by atoms with E-state index in [2.05, 4.69) is 27.9 Å². The van der Waals surface area contributed by atoms with Gasteiger partial charge in [-0.2, -0.15) is 0 Å². The Bertz CT molecular complexity index is 786. The van der Waals surface area contributed by atoms with Crippen molar-refractivity contribution in [3.05, 3.63) is 56.7 Å². The van der Waals surface area contributed by atoms with E-state index >= 15 is 0 Å². The first-order valence-electron chi connectivity index (χ1n) is 7.38. The Morgan fingerprint density at radius 2 is 2.09 bits per heavy atom. The topological polar surface area (TPSA) is 55.4 Å². The normalized spacial score (nSPS) is 12.9. The van der Waals surface area contributed by atoms with Crippen LogP contribution in [0.25, 0.3) is 0 Å². The molecule has 1 N–H and O–H groups in total. The molecule has 0 atom stereocenters. The van der Waals surface area contributed by atoms with Crippen LogP contribution in [0.2, 0.25) is 0 Å². The van der Waals surface area contributed by atoms with E-state index < -0.39 is 0 Å². The van der Waals surface area contributed by atoms with Gasteiger partial charge >= 0.3 is 0 Å². The van der Waals surface area contributed by atoms with Gasteiger partial charge in [0.2, 0.25) is 0 Å². The second-order valence-corrected chi connectivity index (χ2v) is 6.75. The van der Waals surface area contributed by atoms with Gasteiger partial charge < -0.3 is 10.1 Å². The zero-order valence-electron chi connectivity index (χ0n) is 12.7. The summed E-state index contributed by atoms with van der Waals surface area (Å²) in [5.41, 5.74) is 3.43. The second-order valence-electron chi connectivity index (χ2n) is 5.50. The molecule has 118 valence electrons. The van der Waals surface area contributed by atoms with E-state index in [1.165, 1.54) is 0 Å². The van der Waals surface area contributed by atoms with Gasteiger partial charge in [0.25, 0.3) is 5.91 Å². The molecule has 4 nitrogen and oxygen atoms in total. The minimum absolute atomic E-state index is 0.0733. The highest BCUT2D eigenvalue weighted by atomic mass is 127. The summed E-state index contributed by atoms with van der Waals surface area (Å²) in [6.07, 6.45) is 1.20. The lowest BCUT2D eigenvalue weighted by atomic mass is 10.1. The van der Waals surface area contributed by atoms with E-state index in [4.69, 9.17) is 4.74 Å². The number of amides is 1. The van der Waals surface area contributed by atoms with Gasteiger partial charge in [0.15, 0.2) is 12.4 Å². The average Bonchev–Trinajstić information content (AvgIpc) is 2.90. The summed E-state index contributed by atoms with van der Waals surface area (Å²) in [6, 6.07) is 11.2. The lowest BCUT2D eigenvalue weighted by Crippen LogP contribution is -2.21. The molecular weight excluding hydrogens is 405 g/mol. The van der Waals surface area contributed by atoms with E-state index in [0.29, 0.717) is 18.6 Å². The van der Waals surface area contributed by atoms with Gasteiger partial charge in [-0.05, 0) is 65.8 Å². The highest BCUT2D eigenvalue weighted by Crippen LogP contribution is 2.30. The second kappa shape index (κ2) is 6.70. The third kappa shape index (κ3) is 3.55. The fourth-order valence-corrected chi connectivity index (χ4v) is 3.34. The molecule has 0 spiro atoms. The van der Waals surface area contributed by atoms with Crippen molar-refractivity contribution in [1.29, 1.82) is 0 Å². The molecule has 0 heterocycles. The van der Waals surface area contributed by atoms with Crippen LogP contribution in [0.3, 0.4) is 0 Å². The standard InChI is InChI=1S/C18H16INO3/c1-11-9-12(19)5-7-15(11)20-18(22)10-23-17-4-2-3-13-14(17)6-8-16(13)21/h2-5,7,9H,6,8,10H2,1H3,(H,20,22). The van der Waals surface area contributed by atoms with Crippen LogP contribution in [0, 0.1) is 10.5 Å². The molecule has 0 saturated heterocycles. The number of ether oxygens (including phenoxy) is 1. The van der Waals surface area contributed by atoms with Crippen molar-refractivity contribution in [3.8, 4) is 5.75 Å². The highest BCUT2D eigenvalue weighted by Gasteiger charge is 2.22. The van der Waals surface area contributed by atoms with Crippen LogP contribution < -0.4 is 10.1 Å². The van der Waals surface area contributed by atoms with Crippen LogP contribution in [-0.4, -0.2) is 18.3 Å². The van der Waals surface area contributed by atoms with Crippen molar-refractivity contribution in [2.45, 2.75) is 19.8 Å². The Hall–Kier alpha value is -1.89. The first-order valence-corrected chi connectivity index (χ1v) is 8.46. The smallest absolute Gasteiger partial charge is 0.262 e. The van der Waals surface area contributed by atoms with Gasteiger partial charge in [-0.3, -0.25) is 9.59 Å². The number of hydrogen-bond acceptors (Lipinski definition) is 3. The quantitative estimate of drug-likeness (QED) is 0.766. The summed E-state index contributed by atoms with van der Waals surface area (Å²) >= 11 is 2.23. The van der Waals surface area contributed by atoms with E-state index in [0.717, 1.165) is 25.9 Å². The zero-order chi connectivity index (χ0) is 16.4. The molecule has 23 heavy (non-hydrogen) atoms. The zero-order valence-corrected chi connectivity index (χ0v) is 14.8. The molecule has 0 unspecified atom stereocenters. The van der Waals surface area contributed by atoms with Crippen molar-refractivity contribution in [2.24, 2.45) is 0 Å². The minimum Gasteiger partial charge on any atom is -0.483 e. The van der Waals surface area contributed by atoms with Gasteiger partial charge in [0.05, 0.1) is 0 Å². The Morgan fingerprint density at radius 1 is 1.26 bits per heavy atom. The predicted octanol–water partition coefficient (Wildman–Crippen LogP) is 3.75. The number of hydrogen-bond donors (Lipinski definition) is 1. The van der Waals surface area contributed by atoms with E-state index in [9.17, 15) is 9.59 Å². The van der Waals surface area contributed by atoms with E-state index in [1.54, 1.807) is 12.1 Å². The first kappa shape index (κ1) is 16.0. The number of carbonyl (C=O) groups is 2. The Kier molecular flexibility index (Phi) is 4.66. The average molecular weight is 421 g/mol. The summed E-state index contributed by atoms with van der Waals surface area (Å²) in [5.74, 6) is 0.559. The molecule has 0 saturated carbocycles. The fourth-order valence-electron chi connectivity index (χ4n) is 2.69. The summed E-state index contributed by atoms with van der Waals surface area (Å²) in [4.78, 5) is 23.8. The number of halogens is 1. The van der Waals surface area contributed by atoms with E-state index in [-0.39, 0.29) is 18.3 Å². The third-order valence-corrected chi connectivity index (χ3v) is 4.53. The van der Waals surface area contributed by atoms with Gasteiger partial charge in [0, 0.05) is 26.8 Å². The first-order chi connectivity index (χ1) is 11.0. The molecule has 2 aromatic rings. The molecule has 5 heteroatoms. The Balaban J connectivity index is 1.65. The van der Waals surface area contributed by atoms with E-state index in [1.807, 2.05) is 31.2 Å². The number of ketones is 1. The lowest BCUT2D eigenvalue weighted by molar-refractivity contribution is -0.118. The molecule has 0 bridgehead atoms. The number of fused-ring (bicyclic) bond motifs is 1. The maximum Gasteiger partial charge on any atom is 0.262 e. The summed E-state index contributed by atoms with van der Waals surface area (Å²) in [7, 11) is 0. The molecule has 1 aliphatic rings. The van der Waals surface area contributed by atoms with Crippen molar-refractivity contribution in [3.63, 3.8) is 0 Å².